The van der Waals surface area contributed by atoms with Crippen molar-refractivity contribution >= 4 is 0 Å². The lowest BCUT2D eigenvalue weighted by atomic mass is 9.86. The minimum Gasteiger partial charge on any atom is -0.493 e. The van der Waals surface area contributed by atoms with Crippen molar-refractivity contribution in [2.75, 3.05) is 19.7 Å². The molecule has 0 spiro atoms. The molecule has 0 unspecified atom stereocenters. The summed E-state index contributed by atoms with van der Waals surface area (Å²) in [4.78, 5) is 0. The number of halogens is 3. The van der Waals surface area contributed by atoms with Crippen LogP contribution >= 0.6 is 0 Å². The molecule has 6 heteroatoms. The predicted molar refractivity (Wildman–Crippen MR) is 80.8 cm³/mol. The Hall–Kier alpha value is -1.43. The zero-order valence-corrected chi connectivity index (χ0v) is 13.0. The third kappa shape index (κ3) is 4.53. The number of hydrogen-bond donors (Lipinski definition) is 1. The first-order chi connectivity index (χ1) is 11.0. The van der Waals surface area contributed by atoms with E-state index >= 15 is 0 Å². The summed E-state index contributed by atoms with van der Waals surface area (Å²) in [6.07, 6.45) is 0.730. The standard InChI is InChI=1S/C17H22F3NO2/c18-17(19,20)23-14-4-5-16(22-11-12-2-1-3-12)15(10-14)13-6-8-21-9-7-13/h4-5,10,12-13,21H,1-3,6-9,11H2. The molecule has 1 aromatic rings. The average Bonchev–Trinajstić information content (AvgIpc) is 2.46. The Morgan fingerprint density at radius 3 is 2.43 bits per heavy atom. The zero-order chi connectivity index (χ0) is 16.3. The third-order valence-electron chi connectivity index (χ3n) is 4.69. The van der Waals surface area contributed by atoms with E-state index in [0.717, 1.165) is 31.5 Å². The Morgan fingerprint density at radius 2 is 1.83 bits per heavy atom. The summed E-state index contributed by atoms with van der Waals surface area (Å²) in [7, 11) is 0. The fourth-order valence-corrected chi connectivity index (χ4v) is 3.17. The van der Waals surface area contributed by atoms with E-state index in [-0.39, 0.29) is 11.7 Å². The molecule has 1 saturated heterocycles. The minimum absolute atomic E-state index is 0.165. The van der Waals surface area contributed by atoms with Crippen LogP contribution in [0, 0.1) is 5.92 Å². The molecule has 3 rings (SSSR count). The van der Waals surface area contributed by atoms with Gasteiger partial charge >= 0.3 is 6.36 Å². The molecule has 1 aromatic carbocycles. The van der Waals surface area contributed by atoms with Gasteiger partial charge in [-0.1, -0.05) is 6.42 Å². The van der Waals surface area contributed by atoms with Gasteiger partial charge in [0.05, 0.1) is 6.61 Å². The maximum Gasteiger partial charge on any atom is 0.573 e. The summed E-state index contributed by atoms with van der Waals surface area (Å²) < 4.78 is 47.4. The van der Waals surface area contributed by atoms with Crippen molar-refractivity contribution in [1.29, 1.82) is 0 Å². The molecule has 128 valence electrons. The lowest BCUT2D eigenvalue weighted by Gasteiger charge is -2.28. The van der Waals surface area contributed by atoms with Crippen LogP contribution in [0.5, 0.6) is 11.5 Å². The van der Waals surface area contributed by atoms with Gasteiger partial charge in [0.25, 0.3) is 0 Å². The summed E-state index contributed by atoms with van der Waals surface area (Å²) in [5.74, 6) is 1.34. The largest absolute Gasteiger partial charge is 0.573 e. The Labute approximate surface area is 134 Å². The molecule has 0 aromatic heterocycles. The smallest absolute Gasteiger partial charge is 0.493 e. The molecule has 23 heavy (non-hydrogen) atoms. The van der Waals surface area contributed by atoms with Crippen LogP contribution in [0.3, 0.4) is 0 Å². The first-order valence-corrected chi connectivity index (χ1v) is 8.24. The number of nitrogens with one attached hydrogen (secondary N) is 1. The van der Waals surface area contributed by atoms with Crippen LogP contribution in [0.25, 0.3) is 0 Å². The Kier molecular flexibility index (Phi) is 4.99. The summed E-state index contributed by atoms with van der Waals surface area (Å²) in [6.45, 7) is 2.39. The maximum atomic E-state index is 12.5. The van der Waals surface area contributed by atoms with E-state index in [1.807, 2.05) is 0 Å². The van der Waals surface area contributed by atoms with Gasteiger partial charge in [0.2, 0.25) is 0 Å². The fourth-order valence-electron chi connectivity index (χ4n) is 3.17. The van der Waals surface area contributed by atoms with Gasteiger partial charge < -0.3 is 14.8 Å². The van der Waals surface area contributed by atoms with Gasteiger partial charge in [-0.05, 0) is 68.8 Å². The van der Waals surface area contributed by atoms with E-state index in [4.69, 9.17) is 4.74 Å². The van der Waals surface area contributed by atoms with Crippen LogP contribution < -0.4 is 14.8 Å². The molecule has 2 aliphatic rings. The van der Waals surface area contributed by atoms with Crippen molar-refractivity contribution in [3.63, 3.8) is 0 Å². The number of hydrogen-bond acceptors (Lipinski definition) is 3. The SMILES string of the molecule is FC(F)(F)Oc1ccc(OCC2CCC2)c(C2CCNCC2)c1. The molecule has 0 atom stereocenters. The molecule has 1 N–H and O–H groups in total. The van der Waals surface area contributed by atoms with Crippen LogP contribution in [0.1, 0.15) is 43.6 Å². The fraction of sp³-hybridized carbons (Fsp3) is 0.647. The van der Waals surface area contributed by atoms with Gasteiger partial charge in [0.1, 0.15) is 11.5 Å². The second-order valence-corrected chi connectivity index (χ2v) is 6.38. The van der Waals surface area contributed by atoms with Crippen molar-refractivity contribution in [3.05, 3.63) is 23.8 Å². The van der Waals surface area contributed by atoms with Gasteiger partial charge in [0, 0.05) is 5.56 Å². The lowest BCUT2D eigenvalue weighted by molar-refractivity contribution is -0.274. The van der Waals surface area contributed by atoms with E-state index < -0.39 is 6.36 Å². The molecule has 1 heterocycles. The van der Waals surface area contributed by atoms with Gasteiger partial charge in [0.15, 0.2) is 0 Å². The van der Waals surface area contributed by atoms with Crippen LogP contribution in [0.4, 0.5) is 13.2 Å². The Balaban J connectivity index is 1.77. The highest BCUT2D eigenvalue weighted by atomic mass is 19.4. The quantitative estimate of drug-likeness (QED) is 0.877. The molecular formula is C17H22F3NO2. The van der Waals surface area contributed by atoms with Crippen LogP contribution in [-0.2, 0) is 0 Å². The summed E-state index contributed by atoms with van der Waals surface area (Å²) in [5, 5.41) is 3.27. The molecule has 1 aliphatic carbocycles. The van der Waals surface area contributed by atoms with E-state index in [0.29, 0.717) is 18.3 Å². The highest BCUT2D eigenvalue weighted by molar-refractivity contribution is 5.43. The topological polar surface area (TPSA) is 30.5 Å². The van der Waals surface area contributed by atoms with Gasteiger partial charge in [-0.25, -0.2) is 0 Å². The summed E-state index contributed by atoms with van der Waals surface area (Å²) in [5.41, 5.74) is 0.840. The van der Waals surface area contributed by atoms with E-state index in [1.165, 1.54) is 31.4 Å². The van der Waals surface area contributed by atoms with Crippen molar-refractivity contribution < 1.29 is 22.6 Å². The van der Waals surface area contributed by atoms with Crippen LogP contribution in [0.15, 0.2) is 18.2 Å². The number of benzene rings is 1. The van der Waals surface area contributed by atoms with Crippen LogP contribution in [-0.4, -0.2) is 26.1 Å². The maximum absolute atomic E-state index is 12.5. The first kappa shape index (κ1) is 16.4. The van der Waals surface area contributed by atoms with E-state index in [2.05, 4.69) is 10.1 Å². The van der Waals surface area contributed by atoms with Crippen LogP contribution in [0.2, 0.25) is 0 Å². The highest BCUT2D eigenvalue weighted by Crippen LogP contribution is 2.37. The van der Waals surface area contributed by atoms with Gasteiger partial charge in [-0.15, -0.1) is 13.2 Å². The predicted octanol–water partition coefficient (Wildman–Crippen LogP) is 4.23. The second-order valence-electron chi connectivity index (χ2n) is 6.38. The van der Waals surface area contributed by atoms with Gasteiger partial charge in [-0.2, -0.15) is 0 Å². The molecular weight excluding hydrogens is 307 g/mol. The molecule has 1 saturated carbocycles. The van der Waals surface area contributed by atoms with E-state index in [9.17, 15) is 13.2 Å². The van der Waals surface area contributed by atoms with E-state index in [1.54, 1.807) is 6.07 Å². The number of alkyl halides is 3. The van der Waals surface area contributed by atoms with Crippen molar-refractivity contribution in [2.24, 2.45) is 5.92 Å². The first-order valence-electron chi connectivity index (χ1n) is 8.24. The van der Waals surface area contributed by atoms with Crippen molar-refractivity contribution in [1.82, 2.24) is 5.32 Å². The lowest BCUT2D eigenvalue weighted by Crippen LogP contribution is -2.27. The number of ether oxygens (including phenoxy) is 2. The summed E-state index contributed by atoms with van der Waals surface area (Å²) in [6, 6.07) is 4.46. The highest BCUT2D eigenvalue weighted by Gasteiger charge is 2.32. The molecule has 2 fully saturated rings. The molecule has 0 radical (unpaired) electrons. The second kappa shape index (κ2) is 6.99. The molecule has 1 aliphatic heterocycles. The average molecular weight is 329 g/mol. The zero-order valence-electron chi connectivity index (χ0n) is 13.0. The monoisotopic (exact) mass is 329 g/mol. The number of rotatable bonds is 5. The Bertz CT molecular complexity index is 523. The van der Waals surface area contributed by atoms with Crippen molar-refractivity contribution in [3.8, 4) is 11.5 Å². The normalized spacial score (nSPS) is 20.1. The molecule has 0 bridgehead atoms. The summed E-state index contributed by atoms with van der Waals surface area (Å²) >= 11 is 0. The van der Waals surface area contributed by atoms with Gasteiger partial charge in [-0.3, -0.25) is 0 Å². The van der Waals surface area contributed by atoms with Crippen molar-refractivity contribution in [2.45, 2.75) is 44.4 Å². The number of piperidine rings is 1. The third-order valence-corrected chi connectivity index (χ3v) is 4.69. The molecule has 3 nitrogen and oxygen atoms in total. The molecule has 0 amide bonds. The Morgan fingerprint density at radius 1 is 1.09 bits per heavy atom. The minimum atomic E-state index is -4.67.